The van der Waals surface area contributed by atoms with Gasteiger partial charge in [-0.3, -0.25) is 5.32 Å². The number of anilines is 1. The highest BCUT2D eigenvalue weighted by Crippen LogP contribution is 2.17. The number of carboxylic acid groups (broad SMARTS) is 1. The third-order valence-electron chi connectivity index (χ3n) is 3.71. The first-order chi connectivity index (χ1) is 13.3. The first-order valence-electron chi connectivity index (χ1n) is 8.05. The number of aromatic nitrogens is 2. The summed E-state index contributed by atoms with van der Waals surface area (Å²) in [6, 6.07) is 14.2. The first-order valence-corrected chi connectivity index (χ1v) is 9.54. The van der Waals surface area contributed by atoms with Gasteiger partial charge in [-0.15, -0.1) is 0 Å². The molecule has 0 radical (unpaired) electrons. The van der Waals surface area contributed by atoms with Crippen LogP contribution in [-0.4, -0.2) is 35.3 Å². The standard InChI is InChI=1S/C18H16N4O5S/c1-12-11-16(22(20-12)14-5-3-2-4-6-14)19-18(25)21-28(26,27)15-9-7-13(8-10-15)17(23)24/h2-11H,1H3,(H,23,24)(H2,19,21,25). The van der Waals surface area contributed by atoms with E-state index in [0.29, 0.717) is 11.4 Å². The molecular formula is C18H16N4O5S. The molecule has 3 N–H and O–H groups in total. The highest BCUT2D eigenvalue weighted by molar-refractivity contribution is 7.90. The molecule has 0 aliphatic rings. The number of hydrogen-bond acceptors (Lipinski definition) is 5. The number of urea groups is 1. The van der Waals surface area contributed by atoms with Gasteiger partial charge < -0.3 is 5.11 Å². The van der Waals surface area contributed by atoms with Crippen LogP contribution in [-0.2, 0) is 10.0 Å². The number of amides is 2. The molecule has 0 saturated carbocycles. The van der Waals surface area contributed by atoms with Crippen molar-refractivity contribution in [1.82, 2.24) is 14.5 Å². The van der Waals surface area contributed by atoms with Gasteiger partial charge >= 0.3 is 12.0 Å². The number of nitrogens with one attached hydrogen (secondary N) is 2. The molecule has 0 bridgehead atoms. The van der Waals surface area contributed by atoms with Gasteiger partial charge in [0, 0.05) is 6.07 Å². The Morgan fingerprint density at radius 1 is 1.04 bits per heavy atom. The molecule has 1 aromatic heterocycles. The van der Waals surface area contributed by atoms with Gasteiger partial charge in [0.25, 0.3) is 10.0 Å². The highest BCUT2D eigenvalue weighted by atomic mass is 32.2. The van der Waals surface area contributed by atoms with Gasteiger partial charge in [0.15, 0.2) is 0 Å². The normalized spacial score (nSPS) is 11.0. The minimum Gasteiger partial charge on any atom is -0.478 e. The highest BCUT2D eigenvalue weighted by Gasteiger charge is 2.19. The van der Waals surface area contributed by atoms with E-state index in [0.717, 1.165) is 24.3 Å². The molecule has 3 aromatic rings. The van der Waals surface area contributed by atoms with E-state index in [4.69, 9.17) is 5.11 Å². The predicted octanol–water partition coefficient (Wildman–Crippen LogP) is 2.39. The summed E-state index contributed by atoms with van der Waals surface area (Å²) in [4.78, 5) is 22.9. The molecule has 2 amide bonds. The number of carbonyl (C=O) groups is 2. The molecule has 144 valence electrons. The van der Waals surface area contributed by atoms with Crippen LogP contribution < -0.4 is 10.0 Å². The smallest absolute Gasteiger partial charge is 0.335 e. The number of carboxylic acids is 1. The van der Waals surface area contributed by atoms with Crippen LogP contribution >= 0.6 is 0 Å². The molecule has 2 aromatic carbocycles. The molecule has 28 heavy (non-hydrogen) atoms. The second-order valence-electron chi connectivity index (χ2n) is 5.81. The predicted molar refractivity (Wildman–Crippen MR) is 101 cm³/mol. The number of para-hydroxylation sites is 1. The van der Waals surface area contributed by atoms with Crippen molar-refractivity contribution < 1.29 is 23.1 Å². The summed E-state index contributed by atoms with van der Waals surface area (Å²) in [7, 11) is -4.18. The van der Waals surface area contributed by atoms with Crippen LogP contribution in [0.25, 0.3) is 5.69 Å². The third-order valence-corrected chi connectivity index (χ3v) is 5.06. The van der Waals surface area contributed by atoms with E-state index in [-0.39, 0.29) is 16.3 Å². The fourth-order valence-corrected chi connectivity index (χ4v) is 3.36. The largest absolute Gasteiger partial charge is 0.478 e. The Morgan fingerprint density at radius 2 is 1.68 bits per heavy atom. The van der Waals surface area contributed by atoms with E-state index >= 15 is 0 Å². The molecule has 0 fully saturated rings. The van der Waals surface area contributed by atoms with Crippen molar-refractivity contribution >= 4 is 27.8 Å². The molecule has 10 heteroatoms. The van der Waals surface area contributed by atoms with Crippen molar-refractivity contribution in [1.29, 1.82) is 0 Å². The van der Waals surface area contributed by atoms with Crippen LogP contribution in [0.1, 0.15) is 16.1 Å². The third kappa shape index (κ3) is 4.18. The zero-order valence-electron chi connectivity index (χ0n) is 14.7. The van der Waals surface area contributed by atoms with Crippen LogP contribution in [0.4, 0.5) is 10.6 Å². The van der Waals surface area contributed by atoms with E-state index in [1.54, 1.807) is 37.3 Å². The average Bonchev–Trinajstić information content (AvgIpc) is 3.02. The van der Waals surface area contributed by atoms with Crippen LogP contribution in [0, 0.1) is 6.92 Å². The molecule has 3 rings (SSSR count). The summed E-state index contributed by atoms with van der Waals surface area (Å²) >= 11 is 0. The SMILES string of the molecule is Cc1cc(NC(=O)NS(=O)(=O)c2ccc(C(=O)O)cc2)n(-c2ccccc2)n1. The summed E-state index contributed by atoms with van der Waals surface area (Å²) in [5.74, 6) is -0.892. The van der Waals surface area contributed by atoms with Crippen molar-refractivity contribution in [2.45, 2.75) is 11.8 Å². The van der Waals surface area contributed by atoms with Gasteiger partial charge in [-0.1, -0.05) is 18.2 Å². The molecule has 0 spiro atoms. The number of carbonyl (C=O) groups excluding carboxylic acids is 1. The number of sulfonamides is 1. The van der Waals surface area contributed by atoms with Crippen LogP contribution in [0.15, 0.2) is 65.6 Å². The van der Waals surface area contributed by atoms with Crippen molar-refractivity contribution in [2.75, 3.05) is 5.32 Å². The molecule has 0 unspecified atom stereocenters. The second kappa shape index (κ2) is 7.53. The van der Waals surface area contributed by atoms with Crippen LogP contribution in [0.2, 0.25) is 0 Å². The van der Waals surface area contributed by atoms with Crippen molar-refractivity contribution in [3.05, 3.63) is 71.9 Å². The maximum absolute atomic E-state index is 12.3. The van der Waals surface area contributed by atoms with Gasteiger partial charge in [-0.05, 0) is 43.3 Å². The number of nitrogens with zero attached hydrogens (tertiary/aromatic N) is 2. The number of aryl methyl sites for hydroxylation is 1. The van der Waals surface area contributed by atoms with E-state index in [1.165, 1.54) is 4.68 Å². The lowest BCUT2D eigenvalue weighted by atomic mass is 10.2. The monoisotopic (exact) mass is 400 g/mol. The number of benzene rings is 2. The lowest BCUT2D eigenvalue weighted by Crippen LogP contribution is -2.34. The van der Waals surface area contributed by atoms with Gasteiger partial charge in [-0.25, -0.2) is 27.4 Å². The molecule has 0 saturated heterocycles. The summed E-state index contributed by atoms with van der Waals surface area (Å²) in [5, 5.41) is 15.6. The minimum atomic E-state index is -4.18. The summed E-state index contributed by atoms with van der Waals surface area (Å²) in [6.45, 7) is 1.74. The summed E-state index contributed by atoms with van der Waals surface area (Å²) in [5.41, 5.74) is 1.26. The molecule has 9 nitrogen and oxygen atoms in total. The number of rotatable bonds is 5. The topological polar surface area (TPSA) is 130 Å². The van der Waals surface area contributed by atoms with E-state index in [9.17, 15) is 18.0 Å². The van der Waals surface area contributed by atoms with Gasteiger partial charge in [0.2, 0.25) is 0 Å². The Balaban J connectivity index is 1.78. The minimum absolute atomic E-state index is 0.0642. The van der Waals surface area contributed by atoms with Gasteiger partial charge in [0.05, 0.1) is 21.8 Å². The first kappa shape index (κ1) is 19.1. The van der Waals surface area contributed by atoms with E-state index < -0.39 is 22.0 Å². The van der Waals surface area contributed by atoms with Crippen LogP contribution in [0.3, 0.4) is 0 Å². The lowest BCUT2D eigenvalue weighted by molar-refractivity contribution is 0.0696. The zero-order chi connectivity index (χ0) is 20.3. The van der Waals surface area contributed by atoms with Gasteiger partial charge in [0.1, 0.15) is 5.82 Å². The van der Waals surface area contributed by atoms with Crippen molar-refractivity contribution in [3.8, 4) is 5.69 Å². The van der Waals surface area contributed by atoms with Gasteiger partial charge in [-0.2, -0.15) is 5.10 Å². The summed E-state index contributed by atoms with van der Waals surface area (Å²) < 4.78 is 28.0. The zero-order valence-corrected chi connectivity index (χ0v) is 15.5. The van der Waals surface area contributed by atoms with Crippen molar-refractivity contribution in [2.24, 2.45) is 0 Å². The fraction of sp³-hybridized carbons (Fsp3) is 0.0556. The molecule has 0 aliphatic carbocycles. The second-order valence-corrected chi connectivity index (χ2v) is 7.49. The number of hydrogen-bond donors (Lipinski definition) is 3. The molecular weight excluding hydrogens is 384 g/mol. The maximum Gasteiger partial charge on any atom is 0.335 e. The Bertz CT molecular complexity index is 1120. The molecule has 0 atom stereocenters. The summed E-state index contributed by atoms with van der Waals surface area (Å²) in [6.07, 6.45) is 0. The quantitative estimate of drug-likeness (QED) is 0.603. The maximum atomic E-state index is 12.3. The van der Waals surface area contributed by atoms with Crippen molar-refractivity contribution in [3.63, 3.8) is 0 Å². The van der Waals surface area contributed by atoms with E-state index in [1.807, 2.05) is 10.8 Å². The Kier molecular flexibility index (Phi) is 5.14. The Morgan fingerprint density at radius 3 is 2.29 bits per heavy atom. The molecule has 1 heterocycles. The fourth-order valence-electron chi connectivity index (χ4n) is 2.45. The molecule has 0 aliphatic heterocycles. The number of aromatic carboxylic acids is 1. The Labute approximate surface area is 160 Å². The lowest BCUT2D eigenvalue weighted by Gasteiger charge is -2.10. The Hall–Kier alpha value is -3.66. The average molecular weight is 400 g/mol. The van der Waals surface area contributed by atoms with Crippen LogP contribution in [0.5, 0.6) is 0 Å². The van der Waals surface area contributed by atoms with E-state index in [2.05, 4.69) is 10.4 Å².